The van der Waals surface area contributed by atoms with E-state index in [4.69, 9.17) is 11.6 Å². The van der Waals surface area contributed by atoms with Crippen molar-refractivity contribution in [2.75, 3.05) is 26.2 Å². The lowest BCUT2D eigenvalue weighted by Crippen LogP contribution is -2.48. The predicted molar refractivity (Wildman–Crippen MR) is 102 cm³/mol. The summed E-state index contributed by atoms with van der Waals surface area (Å²) in [6, 6.07) is 13.5. The van der Waals surface area contributed by atoms with Crippen LogP contribution in [0.4, 0.5) is 0 Å². The van der Waals surface area contributed by atoms with Gasteiger partial charge in [-0.2, -0.15) is 0 Å². The Morgan fingerprint density at radius 2 is 1.81 bits per heavy atom. The van der Waals surface area contributed by atoms with Gasteiger partial charge < -0.3 is 9.30 Å². The van der Waals surface area contributed by atoms with Gasteiger partial charge in [0, 0.05) is 43.9 Å². The lowest BCUT2D eigenvalue weighted by molar-refractivity contribution is -0.132. The molecule has 0 spiro atoms. The Bertz CT molecular complexity index is 898. The van der Waals surface area contributed by atoms with Gasteiger partial charge in [-0.05, 0) is 29.8 Å². The normalized spacial score (nSPS) is 15.5. The maximum absolute atomic E-state index is 12.5. The molecule has 26 heavy (non-hydrogen) atoms. The van der Waals surface area contributed by atoms with Crippen molar-refractivity contribution in [1.82, 2.24) is 19.2 Å². The van der Waals surface area contributed by atoms with Gasteiger partial charge in [0.05, 0.1) is 18.3 Å². The number of amides is 1. The van der Waals surface area contributed by atoms with Crippen LogP contribution in [0.5, 0.6) is 0 Å². The summed E-state index contributed by atoms with van der Waals surface area (Å²) in [4.78, 5) is 21.3. The van der Waals surface area contributed by atoms with E-state index in [1.165, 1.54) is 5.69 Å². The Balaban J connectivity index is 1.32. The molecule has 1 aliphatic heterocycles. The maximum atomic E-state index is 12.5. The lowest BCUT2D eigenvalue weighted by Gasteiger charge is -2.34. The summed E-state index contributed by atoms with van der Waals surface area (Å²) in [5, 5.41) is 0.696. The first-order valence-corrected chi connectivity index (χ1v) is 9.22. The number of nitrogens with zero attached hydrogens (tertiary/aromatic N) is 4. The number of pyridine rings is 1. The molecule has 1 fully saturated rings. The van der Waals surface area contributed by atoms with Gasteiger partial charge in [-0.15, -0.1) is 0 Å². The molecule has 6 heteroatoms. The summed E-state index contributed by atoms with van der Waals surface area (Å²) in [5.41, 5.74) is 3.16. The zero-order chi connectivity index (χ0) is 17.9. The molecule has 3 heterocycles. The van der Waals surface area contributed by atoms with Crippen LogP contribution in [0.2, 0.25) is 5.02 Å². The van der Waals surface area contributed by atoms with E-state index in [1.807, 2.05) is 59.8 Å². The zero-order valence-corrected chi connectivity index (χ0v) is 15.3. The third-order valence-corrected chi connectivity index (χ3v) is 5.12. The second-order valence-corrected chi connectivity index (χ2v) is 7.07. The second-order valence-electron chi connectivity index (χ2n) is 6.64. The minimum atomic E-state index is 0.182. The molecular weight excluding hydrogens is 348 g/mol. The van der Waals surface area contributed by atoms with Gasteiger partial charge in [-0.25, -0.2) is 4.98 Å². The predicted octanol–water partition coefficient (Wildman–Crippen LogP) is 2.87. The fraction of sp³-hybridized carbons (Fsp3) is 0.300. The van der Waals surface area contributed by atoms with Crippen molar-refractivity contribution < 1.29 is 4.79 Å². The van der Waals surface area contributed by atoms with Gasteiger partial charge in [-0.1, -0.05) is 29.8 Å². The van der Waals surface area contributed by atoms with E-state index in [0.29, 0.717) is 11.4 Å². The van der Waals surface area contributed by atoms with E-state index in [-0.39, 0.29) is 5.91 Å². The lowest BCUT2D eigenvalue weighted by atomic mass is 10.1. The van der Waals surface area contributed by atoms with Crippen molar-refractivity contribution in [3.05, 3.63) is 71.1 Å². The quantitative estimate of drug-likeness (QED) is 0.711. The molecule has 3 aromatic rings. The van der Waals surface area contributed by atoms with E-state index < -0.39 is 0 Å². The van der Waals surface area contributed by atoms with E-state index in [9.17, 15) is 4.79 Å². The van der Waals surface area contributed by atoms with Gasteiger partial charge in [0.25, 0.3) is 0 Å². The summed E-state index contributed by atoms with van der Waals surface area (Å²) in [5.74, 6) is 0.182. The second kappa shape index (κ2) is 7.48. The van der Waals surface area contributed by atoms with Crippen LogP contribution in [0.15, 0.2) is 54.9 Å². The summed E-state index contributed by atoms with van der Waals surface area (Å²) in [7, 11) is 0. The highest BCUT2D eigenvalue weighted by atomic mass is 35.5. The van der Waals surface area contributed by atoms with Crippen molar-refractivity contribution in [1.29, 1.82) is 0 Å². The summed E-state index contributed by atoms with van der Waals surface area (Å²) in [6.45, 7) is 4.15. The first-order chi connectivity index (χ1) is 12.7. The van der Waals surface area contributed by atoms with Crippen molar-refractivity contribution in [2.24, 2.45) is 0 Å². The van der Waals surface area contributed by atoms with Crippen molar-refractivity contribution >= 4 is 23.2 Å². The standard InChI is InChI=1S/C20H21ClN4O/c21-17-6-4-16(5-7-17)13-20(26)24-11-9-23(10-12-24)15-18-14-22-19-3-1-2-8-25(18)19/h1-8,14H,9-13,15H2. The molecule has 0 unspecified atom stereocenters. The molecule has 4 rings (SSSR count). The Hall–Kier alpha value is -2.37. The van der Waals surface area contributed by atoms with E-state index in [0.717, 1.165) is 43.9 Å². The van der Waals surface area contributed by atoms with Gasteiger partial charge in [-0.3, -0.25) is 9.69 Å². The molecule has 2 aromatic heterocycles. The molecule has 5 nitrogen and oxygen atoms in total. The summed E-state index contributed by atoms with van der Waals surface area (Å²) >= 11 is 5.90. The van der Waals surface area contributed by atoms with Gasteiger partial charge in [0.1, 0.15) is 5.65 Å². The Morgan fingerprint density at radius 3 is 2.58 bits per heavy atom. The molecule has 1 aromatic carbocycles. The number of hydrogen-bond donors (Lipinski definition) is 0. The fourth-order valence-electron chi connectivity index (χ4n) is 3.38. The SMILES string of the molecule is O=C(Cc1ccc(Cl)cc1)N1CCN(Cc2cnc3ccccn23)CC1. The van der Waals surface area contributed by atoms with Crippen LogP contribution in [-0.2, 0) is 17.8 Å². The number of imidazole rings is 1. The van der Waals surface area contributed by atoms with Crippen LogP contribution < -0.4 is 0 Å². The molecule has 1 amide bonds. The van der Waals surface area contributed by atoms with Crippen LogP contribution in [0.3, 0.4) is 0 Å². The van der Waals surface area contributed by atoms with Crippen LogP contribution in [0, 0.1) is 0 Å². The van der Waals surface area contributed by atoms with Crippen LogP contribution in [0.1, 0.15) is 11.3 Å². The molecule has 0 radical (unpaired) electrons. The minimum absolute atomic E-state index is 0.182. The highest BCUT2D eigenvalue weighted by molar-refractivity contribution is 6.30. The molecule has 0 atom stereocenters. The molecule has 0 N–H and O–H groups in total. The minimum Gasteiger partial charge on any atom is -0.340 e. The largest absolute Gasteiger partial charge is 0.340 e. The number of halogens is 1. The number of carbonyl (C=O) groups is 1. The molecule has 134 valence electrons. The molecule has 0 aliphatic carbocycles. The molecule has 0 bridgehead atoms. The van der Waals surface area contributed by atoms with Crippen molar-refractivity contribution in [3.8, 4) is 0 Å². The number of rotatable bonds is 4. The number of piperazine rings is 1. The van der Waals surface area contributed by atoms with Crippen LogP contribution in [-0.4, -0.2) is 51.3 Å². The third-order valence-electron chi connectivity index (χ3n) is 4.87. The first kappa shape index (κ1) is 17.1. The number of fused-ring (bicyclic) bond motifs is 1. The van der Waals surface area contributed by atoms with E-state index in [1.54, 1.807) is 0 Å². The van der Waals surface area contributed by atoms with Crippen molar-refractivity contribution in [3.63, 3.8) is 0 Å². The van der Waals surface area contributed by atoms with Crippen molar-refractivity contribution in [2.45, 2.75) is 13.0 Å². The number of aromatic nitrogens is 2. The van der Waals surface area contributed by atoms with E-state index >= 15 is 0 Å². The first-order valence-electron chi connectivity index (χ1n) is 8.84. The maximum Gasteiger partial charge on any atom is 0.227 e. The number of carbonyl (C=O) groups excluding carboxylic acids is 1. The average Bonchev–Trinajstić information content (AvgIpc) is 3.07. The summed E-state index contributed by atoms with van der Waals surface area (Å²) in [6.07, 6.45) is 4.42. The van der Waals surface area contributed by atoms with Crippen LogP contribution in [0.25, 0.3) is 5.65 Å². The van der Waals surface area contributed by atoms with Crippen LogP contribution >= 0.6 is 11.6 Å². The average molecular weight is 369 g/mol. The highest BCUT2D eigenvalue weighted by Gasteiger charge is 2.21. The fourth-order valence-corrected chi connectivity index (χ4v) is 3.50. The smallest absolute Gasteiger partial charge is 0.227 e. The van der Waals surface area contributed by atoms with Gasteiger partial charge >= 0.3 is 0 Å². The topological polar surface area (TPSA) is 40.9 Å². The Labute approximate surface area is 157 Å². The molecular formula is C20H21ClN4O. The zero-order valence-electron chi connectivity index (χ0n) is 14.5. The highest BCUT2D eigenvalue weighted by Crippen LogP contribution is 2.14. The molecule has 0 saturated carbocycles. The van der Waals surface area contributed by atoms with Gasteiger partial charge in [0.15, 0.2) is 0 Å². The van der Waals surface area contributed by atoms with E-state index in [2.05, 4.69) is 14.3 Å². The van der Waals surface area contributed by atoms with Gasteiger partial charge in [0.2, 0.25) is 5.91 Å². The molecule has 1 saturated heterocycles. The third kappa shape index (κ3) is 3.74. The monoisotopic (exact) mass is 368 g/mol. The Kier molecular flexibility index (Phi) is 4.91. The summed E-state index contributed by atoms with van der Waals surface area (Å²) < 4.78 is 2.12. The molecule has 1 aliphatic rings. The Morgan fingerprint density at radius 1 is 1.04 bits per heavy atom. The number of benzene rings is 1. The number of hydrogen-bond acceptors (Lipinski definition) is 3.